The molecule has 0 aromatic rings. The molecule has 2 fully saturated rings. The third-order valence-electron chi connectivity index (χ3n) is 3.21. The molecule has 2 saturated heterocycles. The van der Waals surface area contributed by atoms with Crippen LogP contribution < -0.4 is 5.32 Å². The van der Waals surface area contributed by atoms with Crippen molar-refractivity contribution in [3.63, 3.8) is 0 Å². The number of rotatable bonds is 2. The van der Waals surface area contributed by atoms with E-state index in [9.17, 15) is 4.21 Å². The monoisotopic (exact) mass is 246 g/mol. The maximum Gasteiger partial charge on any atom is 0.0975 e. The van der Waals surface area contributed by atoms with E-state index in [2.05, 4.69) is 16.5 Å². The van der Waals surface area contributed by atoms with E-state index in [1.807, 2.05) is 13.8 Å². The van der Waals surface area contributed by atoms with E-state index in [1.54, 1.807) is 0 Å². The van der Waals surface area contributed by atoms with Crippen LogP contribution in [-0.2, 0) is 11.0 Å². The molecule has 2 unspecified atom stereocenters. The van der Waals surface area contributed by atoms with Crippen LogP contribution in [0.3, 0.4) is 0 Å². The van der Waals surface area contributed by atoms with Crippen LogP contribution in [0.5, 0.6) is 0 Å². The third kappa shape index (κ3) is 3.82. The Morgan fingerprint density at radius 1 is 1.19 bits per heavy atom. The van der Waals surface area contributed by atoms with Gasteiger partial charge in [0, 0.05) is 13.1 Å². The van der Waals surface area contributed by atoms with Crippen molar-refractivity contribution in [2.75, 3.05) is 26.2 Å². The summed E-state index contributed by atoms with van der Waals surface area (Å²) in [6.07, 6.45) is 3.38. The van der Waals surface area contributed by atoms with E-state index in [-0.39, 0.29) is 0 Å². The average Bonchev–Trinajstić information content (AvgIpc) is 2.79. The zero-order valence-electron chi connectivity index (χ0n) is 10.9. The molecule has 2 aliphatic rings. The highest BCUT2D eigenvalue weighted by atomic mass is 32.2. The predicted molar refractivity (Wildman–Crippen MR) is 70.7 cm³/mol. The fourth-order valence-corrected chi connectivity index (χ4v) is 4.01. The van der Waals surface area contributed by atoms with Crippen LogP contribution in [0, 0.1) is 5.92 Å². The first-order valence-electron chi connectivity index (χ1n) is 6.63. The van der Waals surface area contributed by atoms with E-state index in [1.165, 1.54) is 6.42 Å². The van der Waals surface area contributed by atoms with Gasteiger partial charge in [0.1, 0.15) is 0 Å². The number of nitrogens with zero attached hydrogens (tertiary/aromatic N) is 1. The van der Waals surface area contributed by atoms with Gasteiger partial charge in [-0.05, 0) is 38.3 Å². The lowest BCUT2D eigenvalue weighted by atomic mass is 10.2. The van der Waals surface area contributed by atoms with E-state index in [0.717, 1.165) is 44.9 Å². The van der Waals surface area contributed by atoms with Gasteiger partial charge in [0.25, 0.3) is 0 Å². The Morgan fingerprint density at radius 3 is 2.31 bits per heavy atom. The molecule has 3 nitrogen and oxygen atoms in total. The Morgan fingerprint density at radius 2 is 1.81 bits per heavy atom. The van der Waals surface area contributed by atoms with Crippen molar-refractivity contribution in [2.45, 2.75) is 45.3 Å². The van der Waals surface area contributed by atoms with Gasteiger partial charge in [-0.3, -0.25) is 0 Å². The van der Waals surface area contributed by atoms with Gasteiger partial charge in [-0.1, -0.05) is 20.8 Å². The van der Waals surface area contributed by atoms with Crippen LogP contribution >= 0.6 is 0 Å². The summed E-state index contributed by atoms with van der Waals surface area (Å²) in [7, 11) is -0.709. The zero-order chi connectivity index (χ0) is 12.0. The van der Waals surface area contributed by atoms with Crippen LogP contribution in [0.1, 0.15) is 40.0 Å². The molecule has 0 amide bonds. The molecular weight excluding hydrogens is 220 g/mol. The fourth-order valence-electron chi connectivity index (χ4n) is 2.27. The summed E-state index contributed by atoms with van der Waals surface area (Å²) in [4.78, 5) is 0. The Hall–Kier alpha value is 0.0700. The van der Waals surface area contributed by atoms with Crippen LogP contribution in [-0.4, -0.2) is 39.9 Å². The first-order chi connectivity index (χ1) is 7.77. The summed E-state index contributed by atoms with van der Waals surface area (Å²) in [6.45, 7) is 10.4. The molecule has 0 bridgehead atoms. The molecule has 2 rings (SSSR count). The second-order valence-corrected chi connectivity index (χ2v) is 6.24. The largest absolute Gasteiger partial charge is 0.317 e. The number of nitrogens with one attached hydrogen (secondary N) is 1. The smallest absolute Gasteiger partial charge is 0.0975 e. The Bertz CT molecular complexity index is 210. The summed E-state index contributed by atoms with van der Waals surface area (Å²) < 4.78 is 14.3. The molecule has 0 saturated carbocycles. The SMILES string of the molecule is CC.CC1CCN(S(=O)C2CCNCC2)C1. The second kappa shape index (κ2) is 7.41. The van der Waals surface area contributed by atoms with Crippen molar-refractivity contribution in [3.05, 3.63) is 0 Å². The number of hydrogen-bond donors (Lipinski definition) is 1. The Balaban J connectivity index is 0.000000606. The standard InChI is InChI=1S/C10H20N2OS.C2H6/c1-9-4-7-12(8-9)14(13)10-2-5-11-6-3-10;1-2/h9-11H,2-8H2,1H3;1-2H3. The summed E-state index contributed by atoms with van der Waals surface area (Å²) in [5.41, 5.74) is 0. The number of hydrogen-bond acceptors (Lipinski definition) is 2. The lowest BCUT2D eigenvalue weighted by Gasteiger charge is -2.26. The third-order valence-corrected chi connectivity index (χ3v) is 5.09. The van der Waals surface area contributed by atoms with Crippen LogP contribution in [0.25, 0.3) is 0 Å². The average molecular weight is 246 g/mol. The summed E-state index contributed by atoms with van der Waals surface area (Å²) in [6, 6.07) is 0. The van der Waals surface area contributed by atoms with Crippen molar-refractivity contribution in [1.29, 1.82) is 0 Å². The molecule has 0 aromatic heterocycles. The van der Waals surface area contributed by atoms with Gasteiger partial charge >= 0.3 is 0 Å². The van der Waals surface area contributed by atoms with Crippen molar-refractivity contribution in [2.24, 2.45) is 5.92 Å². The Labute approximate surface area is 103 Å². The minimum Gasteiger partial charge on any atom is -0.317 e. The van der Waals surface area contributed by atoms with E-state index in [0.29, 0.717) is 5.25 Å². The van der Waals surface area contributed by atoms with Gasteiger partial charge < -0.3 is 5.32 Å². The molecule has 0 spiro atoms. The second-order valence-electron chi connectivity index (χ2n) is 4.51. The summed E-state index contributed by atoms with van der Waals surface area (Å²) in [5, 5.41) is 3.73. The van der Waals surface area contributed by atoms with E-state index < -0.39 is 11.0 Å². The summed E-state index contributed by atoms with van der Waals surface area (Å²) >= 11 is 0. The van der Waals surface area contributed by atoms with E-state index >= 15 is 0 Å². The molecule has 4 heteroatoms. The molecule has 16 heavy (non-hydrogen) atoms. The molecule has 2 atom stereocenters. The minimum atomic E-state index is -0.709. The van der Waals surface area contributed by atoms with Gasteiger partial charge in [0.15, 0.2) is 0 Å². The van der Waals surface area contributed by atoms with Crippen molar-refractivity contribution >= 4 is 11.0 Å². The van der Waals surface area contributed by atoms with Crippen molar-refractivity contribution in [1.82, 2.24) is 9.62 Å². The predicted octanol–water partition coefficient (Wildman–Crippen LogP) is 1.77. The van der Waals surface area contributed by atoms with Gasteiger partial charge in [-0.25, -0.2) is 8.51 Å². The highest BCUT2D eigenvalue weighted by Gasteiger charge is 2.29. The van der Waals surface area contributed by atoms with Gasteiger partial charge in [-0.15, -0.1) is 0 Å². The van der Waals surface area contributed by atoms with Gasteiger partial charge in [0.2, 0.25) is 0 Å². The Kier molecular flexibility index (Phi) is 6.54. The van der Waals surface area contributed by atoms with Gasteiger partial charge in [0.05, 0.1) is 16.2 Å². The highest BCUT2D eigenvalue weighted by Crippen LogP contribution is 2.21. The molecule has 1 N–H and O–H groups in total. The topological polar surface area (TPSA) is 32.3 Å². The molecule has 0 radical (unpaired) electrons. The van der Waals surface area contributed by atoms with Crippen LogP contribution in [0.4, 0.5) is 0 Å². The molecule has 0 aliphatic carbocycles. The highest BCUT2D eigenvalue weighted by molar-refractivity contribution is 7.83. The lowest BCUT2D eigenvalue weighted by Crippen LogP contribution is -2.39. The van der Waals surface area contributed by atoms with Crippen LogP contribution in [0.15, 0.2) is 0 Å². The lowest BCUT2D eigenvalue weighted by molar-refractivity contribution is 0.470. The van der Waals surface area contributed by atoms with Crippen molar-refractivity contribution < 1.29 is 4.21 Å². The molecule has 2 aliphatic heterocycles. The molecular formula is C12H26N2OS. The molecule has 96 valence electrons. The molecule has 2 heterocycles. The van der Waals surface area contributed by atoms with Gasteiger partial charge in [-0.2, -0.15) is 0 Å². The molecule has 0 aromatic carbocycles. The van der Waals surface area contributed by atoms with Crippen LogP contribution in [0.2, 0.25) is 0 Å². The minimum absolute atomic E-state index is 0.418. The first kappa shape index (κ1) is 14.1. The van der Waals surface area contributed by atoms with Crippen molar-refractivity contribution in [3.8, 4) is 0 Å². The quantitative estimate of drug-likeness (QED) is 0.805. The zero-order valence-corrected chi connectivity index (χ0v) is 11.7. The normalized spacial score (nSPS) is 29.6. The first-order valence-corrected chi connectivity index (χ1v) is 7.80. The maximum absolute atomic E-state index is 12.2. The number of piperidine rings is 1. The maximum atomic E-state index is 12.2. The summed E-state index contributed by atoms with van der Waals surface area (Å²) in [5.74, 6) is 0.737. The fraction of sp³-hybridized carbons (Fsp3) is 1.00. The van der Waals surface area contributed by atoms with E-state index in [4.69, 9.17) is 0 Å².